The van der Waals surface area contributed by atoms with Crippen LogP contribution in [0.5, 0.6) is 5.75 Å². The third kappa shape index (κ3) is 9.40. The van der Waals surface area contributed by atoms with E-state index in [0.717, 1.165) is 36.8 Å². The molecule has 0 aliphatic rings. The van der Waals surface area contributed by atoms with Gasteiger partial charge in [-0.05, 0) is 50.7 Å². The van der Waals surface area contributed by atoms with Crippen LogP contribution in [-0.2, 0) is 24.4 Å². The Kier molecular flexibility index (Phi) is 10.9. The average molecular weight is 427 g/mol. The van der Waals surface area contributed by atoms with Crippen LogP contribution in [0.3, 0.4) is 0 Å². The first-order valence-corrected chi connectivity index (χ1v) is 11.0. The van der Waals surface area contributed by atoms with E-state index in [4.69, 9.17) is 14.5 Å². The third-order valence-electron chi connectivity index (χ3n) is 4.71. The molecular weight excluding hydrogens is 388 g/mol. The molecule has 2 aromatic carbocycles. The van der Waals surface area contributed by atoms with Crippen molar-refractivity contribution in [2.45, 2.75) is 39.9 Å². The Morgan fingerprint density at radius 1 is 1.00 bits per heavy atom. The molecule has 6 heteroatoms. The van der Waals surface area contributed by atoms with E-state index < -0.39 is 0 Å². The smallest absolute Gasteiger partial charge is 0.191 e. The van der Waals surface area contributed by atoms with Crippen molar-refractivity contribution in [2.75, 3.05) is 41.0 Å². The summed E-state index contributed by atoms with van der Waals surface area (Å²) >= 11 is 0. The quantitative estimate of drug-likeness (QED) is 0.308. The number of hydrogen-bond donors (Lipinski definition) is 2. The molecule has 0 heterocycles. The summed E-state index contributed by atoms with van der Waals surface area (Å²) in [7, 11) is 5.87. The van der Waals surface area contributed by atoms with Gasteiger partial charge >= 0.3 is 0 Å². The highest BCUT2D eigenvalue weighted by Crippen LogP contribution is 2.20. The van der Waals surface area contributed by atoms with Crippen LogP contribution in [0.1, 0.15) is 35.6 Å². The summed E-state index contributed by atoms with van der Waals surface area (Å²) in [6.45, 7) is 8.52. The standard InChI is InChI=1S/C25H38N4O2/c1-6-26-25(27-17-21-9-11-22(12-10-21)19-29(3)4)28-18-23-13-8-20(2)16-24(23)31-15-7-14-30-5/h8-13,16H,6-7,14-15,17-19H2,1-5H3,(H2,26,27,28). The maximum absolute atomic E-state index is 6.00. The fraction of sp³-hybridized carbons (Fsp3) is 0.480. The van der Waals surface area contributed by atoms with Crippen molar-refractivity contribution >= 4 is 5.96 Å². The Labute approximate surface area is 187 Å². The van der Waals surface area contributed by atoms with Crippen molar-refractivity contribution in [1.29, 1.82) is 0 Å². The molecule has 170 valence electrons. The van der Waals surface area contributed by atoms with Crippen molar-refractivity contribution in [3.05, 3.63) is 64.7 Å². The Morgan fingerprint density at radius 3 is 2.42 bits per heavy atom. The van der Waals surface area contributed by atoms with Gasteiger partial charge in [0.2, 0.25) is 0 Å². The number of hydrogen-bond acceptors (Lipinski definition) is 4. The van der Waals surface area contributed by atoms with Crippen LogP contribution in [0.25, 0.3) is 0 Å². The SMILES string of the molecule is CCNC(=NCc1ccc(CN(C)C)cc1)NCc1ccc(C)cc1OCCCOC. The van der Waals surface area contributed by atoms with Crippen LogP contribution >= 0.6 is 0 Å². The first-order valence-electron chi connectivity index (χ1n) is 11.0. The van der Waals surface area contributed by atoms with Gasteiger partial charge in [-0.15, -0.1) is 0 Å². The highest BCUT2D eigenvalue weighted by atomic mass is 16.5. The molecule has 0 fully saturated rings. The maximum Gasteiger partial charge on any atom is 0.191 e. The summed E-state index contributed by atoms with van der Waals surface area (Å²) in [6, 6.07) is 15.0. The van der Waals surface area contributed by atoms with Crippen molar-refractivity contribution in [3.8, 4) is 5.75 Å². The largest absolute Gasteiger partial charge is 0.493 e. The Balaban J connectivity index is 1.98. The molecule has 0 saturated heterocycles. The summed E-state index contributed by atoms with van der Waals surface area (Å²) in [5, 5.41) is 6.76. The molecule has 0 radical (unpaired) electrons. The minimum absolute atomic E-state index is 0.631. The van der Waals surface area contributed by atoms with Gasteiger partial charge < -0.3 is 25.0 Å². The molecule has 0 spiro atoms. The molecule has 0 aromatic heterocycles. The van der Waals surface area contributed by atoms with Gasteiger partial charge in [-0.25, -0.2) is 4.99 Å². The lowest BCUT2D eigenvalue weighted by Gasteiger charge is -2.15. The van der Waals surface area contributed by atoms with E-state index in [0.29, 0.717) is 26.3 Å². The zero-order chi connectivity index (χ0) is 22.5. The van der Waals surface area contributed by atoms with Crippen molar-refractivity contribution in [2.24, 2.45) is 4.99 Å². The Hall–Kier alpha value is -2.57. The Bertz CT molecular complexity index is 804. The summed E-state index contributed by atoms with van der Waals surface area (Å²) in [5.41, 5.74) is 4.79. The minimum Gasteiger partial charge on any atom is -0.493 e. The van der Waals surface area contributed by atoms with Crippen LogP contribution in [-0.4, -0.2) is 51.8 Å². The number of aliphatic imine (C=N–C) groups is 1. The van der Waals surface area contributed by atoms with Gasteiger partial charge in [-0.2, -0.15) is 0 Å². The van der Waals surface area contributed by atoms with E-state index >= 15 is 0 Å². The molecule has 31 heavy (non-hydrogen) atoms. The van der Waals surface area contributed by atoms with Gasteiger partial charge in [-0.1, -0.05) is 36.4 Å². The van der Waals surface area contributed by atoms with Crippen molar-refractivity contribution in [1.82, 2.24) is 15.5 Å². The fourth-order valence-electron chi connectivity index (χ4n) is 3.13. The normalized spacial score (nSPS) is 11.6. The summed E-state index contributed by atoms with van der Waals surface area (Å²) in [6.07, 6.45) is 0.870. The summed E-state index contributed by atoms with van der Waals surface area (Å²) in [5.74, 6) is 1.71. The number of guanidine groups is 1. The summed E-state index contributed by atoms with van der Waals surface area (Å²) in [4.78, 5) is 6.92. The molecule has 0 aliphatic heterocycles. The van der Waals surface area contributed by atoms with E-state index in [1.807, 2.05) is 0 Å². The van der Waals surface area contributed by atoms with Crippen LogP contribution in [0, 0.1) is 6.92 Å². The highest BCUT2D eigenvalue weighted by Gasteiger charge is 2.06. The summed E-state index contributed by atoms with van der Waals surface area (Å²) < 4.78 is 11.1. The molecule has 2 N–H and O–H groups in total. The van der Waals surface area contributed by atoms with E-state index in [2.05, 4.69) is 85.9 Å². The predicted octanol–water partition coefficient (Wildman–Crippen LogP) is 3.73. The fourth-order valence-corrected chi connectivity index (χ4v) is 3.13. The first kappa shape index (κ1) is 24.7. The van der Waals surface area contributed by atoms with Crippen LogP contribution in [0.2, 0.25) is 0 Å². The number of benzene rings is 2. The van der Waals surface area contributed by atoms with Gasteiger partial charge in [0.15, 0.2) is 5.96 Å². The number of ether oxygens (including phenoxy) is 2. The average Bonchev–Trinajstić information content (AvgIpc) is 2.75. The number of rotatable bonds is 12. The molecule has 0 amide bonds. The molecule has 0 atom stereocenters. The monoisotopic (exact) mass is 426 g/mol. The molecule has 2 rings (SSSR count). The molecule has 2 aromatic rings. The van der Waals surface area contributed by atoms with E-state index in [9.17, 15) is 0 Å². The van der Waals surface area contributed by atoms with Gasteiger partial charge in [0.25, 0.3) is 0 Å². The van der Waals surface area contributed by atoms with Crippen molar-refractivity contribution < 1.29 is 9.47 Å². The molecule has 0 aliphatic carbocycles. The molecule has 0 saturated carbocycles. The number of aryl methyl sites for hydroxylation is 1. The van der Waals surface area contributed by atoms with E-state index in [-0.39, 0.29) is 0 Å². The van der Waals surface area contributed by atoms with Crippen LogP contribution in [0.15, 0.2) is 47.5 Å². The second-order valence-corrected chi connectivity index (χ2v) is 7.91. The Morgan fingerprint density at radius 2 is 1.74 bits per heavy atom. The molecular formula is C25H38N4O2. The third-order valence-corrected chi connectivity index (χ3v) is 4.71. The van der Waals surface area contributed by atoms with Crippen LogP contribution < -0.4 is 15.4 Å². The number of nitrogens with one attached hydrogen (secondary N) is 2. The lowest BCUT2D eigenvalue weighted by molar-refractivity contribution is 0.171. The molecule has 6 nitrogen and oxygen atoms in total. The van der Waals surface area contributed by atoms with E-state index in [1.165, 1.54) is 16.7 Å². The first-order chi connectivity index (χ1) is 15.0. The second-order valence-electron chi connectivity index (χ2n) is 7.91. The highest BCUT2D eigenvalue weighted by molar-refractivity contribution is 5.79. The predicted molar refractivity (Wildman–Crippen MR) is 129 cm³/mol. The minimum atomic E-state index is 0.631. The lowest BCUT2D eigenvalue weighted by atomic mass is 10.1. The zero-order valence-corrected chi connectivity index (χ0v) is 19.7. The number of nitrogens with zero attached hydrogens (tertiary/aromatic N) is 2. The maximum atomic E-state index is 6.00. The van der Waals surface area contributed by atoms with Gasteiger partial charge in [-0.3, -0.25) is 0 Å². The van der Waals surface area contributed by atoms with Crippen molar-refractivity contribution in [3.63, 3.8) is 0 Å². The molecule has 0 bridgehead atoms. The van der Waals surface area contributed by atoms with Gasteiger partial charge in [0, 0.05) is 45.3 Å². The zero-order valence-electron chi connectivity index (χ0n) is 19.7. The van der Waals surface area contributed by atoms with Gasteiger partial charge in [0.05, 0.1) is 13.2 Å². The molecule has 0 unspecified atom stereocenters. The number of methoxy groups -OCH3 is 1. The topological polar surface area (TPSA) is 58.1 Å². The lowest BCUT2D eigenvalue weighted by Crippen LogP contribution is -2.36. The second kappa shape index (κ2) is 13.7. The van der Waals surface area contributed by atoms with Crippen LogP contribution in [0.4, 0.5) is 0 Å². The van der Waals surface area contributed by atoms with Gasteiger partial charge in [0.1, 0.15) is 5.75 Å². The van der Waals surface area contributed by atoms with E-state index in [1.54, 1.807) is 7.11 Å².